The van der Waals surface area contributed by atoms with Gasteiger partial charge in [0.25, 0.3) is 5.91 Å². The van der Waals surface area contributed by atoms with E-state index in [1.54, 1.807) is 11.8 Å². The van der Waals surface area contributed by atoms with Gasteiger partial charge < -0.3 is 9.15 Å². The molecule has 0 bridgehead atoms. The monoisotopic (exact) mass is 452 g/mol. The van der Waals surface area contributed by atoms with Gasteiger partial charge in [0.05, 0.1) is 18.6 Å². The van der Waals surface area contributed by atoms with Crippen LogP contribution in [0.1, 0.15) is 17.0 Å². The smallest absolute Gasteiger partial charge is 0.348 e. The topological polar surface area (TPSA) is 99.6 Å². The molecule has 8 nitrogen and oxygen atoms in total. The van der Waals surface area contributed by atoms with Gasteiger partial charge in [-0.05, 0) is 37.6 Å². The van der Waals surface area contributed by atoms with Crippen molar-refractivity contribution in [2.24, 2.45) is 4.99 Å². The Morgan fingerprint density at radius 2 is 1.90 bits per heavy atom. The summed E-state index contributed by atoms with van der Waals surface area (Å²) in [7, 11) is 1.59. The van der Waals surface area contributed by atoms with E-state index in [1.807, 2.05) is 44.2 Å². The van der Waals surface area contributed by atoms with Crippen LogP contribution < -0.4 is 10.4 Å². The highest BCUT2D eigenvalue weighted by atomic mass is 32.2. The lowest BCUT2D eigenvalue weighted by atomic mass is 10.0. The second-order valence-corrected chi connectivity index (χ2v) is 8.88. The number of thioether (sulfide) groups is 1. The zero-order valence-corrected chi connectivity index (χ0v) is 18.5. The van der Waals surface area contributed by atoms with Gasteiger partial charge in [-0.25, -0.2) is 14.5 Å². The minimum Gasteiger partial charge on any atom is -0.497 e. The van der Waals surface area contributed by atoms with Crippen LogP contribution in [0, 0.1) is 13.8 Å². The van der Waals surface area contributed by atoms with E-state index in [9.17, 15) is 9.59 Å². The maximum absolute atomic E-state index is 13.0. The summed E-state index contributed by atoms with van der Waals surface area (Å²) < 4.78 is 13.2. The summed E-state index contributed by atoms with van der Waals surface area (Å²) in [5, 5.41) is 5.45. The summed E-state index contributed by atoms with van der Waals surface area (Å²) in [5.41, 5.74) is 3.12. The SMILES string of the molecule is COc1ccc(-c2c(C3=NC(=O)CS3)c(=O)oc3nc(-n4nc(C)cc4C)sc23)cc1. The van der Waals surface area contributed by atoms with Gasteiger partial charge in [0.1, 0.15) is 21.1 Å². The molecule has 1 amide bonds. The van der Waals surface area contributed by atoms with E-state index in [1.165, 1.54) is 23.1 Å². The Kier molecular flexibility index (Phi) is 4.75. The first kappa shape index (κ1) is 19.7. The first-order chi connectivity index (χ1) is 14.9. The van der Waals surface area contributed by atoms with Gasteiger partial charge in [-0.15, -0.1) is 0 Å². The van der Waals surface area contributed by atoms with E-state index in [4.69, 9.17) is 9.15 Å². The molecule has 0 spiro atoms. The Labute approximate surface area is 184 Å². The molecule has 1 aliphatic rings. The fourth-order valence-electron chi connectivity index (χ4n) is 3.45. The Morgan fingerprint density at radius 3 is 2.52 bits per heavy atom. The second kappa shape index (κ2) is 7.47. The molecular formula is C21H16N4O4S2. The van der Waals surface area contributed by atoms with Crippen LogP contribution in [0.25, 0.3) is 26.7 Å². The third-order valence-corrected chi connectivity index (χ3v) is 6.79. The summed E-state index contributed by atoms with van der Waals surface area (Å²) in [6, 6.07) is 9.31. The third-order valence-electron chi connectivity index (χ3n) is 4.80. The summed E-state index contributed by atoms with van der Waals surface area (Å²) in [5.74, 6) is 0.627. The molecule has 31 heavy (non-hydrogen) atoms. The van der Waals surface area contributed by atoms with Crippen LogP contribution in [-0.4, -0.2) is 38.6 Å². The molecule has 3 aromatic heterocycles. The van der Waals surface area contributed by atoms with Gasteiger partial charge in [-0.2, -0.15) is 10.1 Å². The number of methoxy groups -OCH3 is 1. The Hall–Kier alpha value is -3.24. The molecule has 0 saturated carbocycles. The number of aromatic nitrogens is 3. The average Bonchev–Trinajstić information content (AvgIpc) is 3.45. The summed E-state index contributed by atoms with van der Waals surface area (Å²) in [4.78, 5) is 33.4. The molecule has 1 aliphatic heterocycles. The molecule has 10 heteroatoms. The van der Waals surface area contributed by atoms with Crippen molar-refractivity contribution in [3.8, 4) is 22.0 Å². The van der Waals surface area contributed by atoms with Gasteiger partial charge in [-0.1, -0.05) is 35.2 Å². The molecule has 5 rings (SSSR count). The van der Waals surface area contributed by atoms with Crippen molar-refractivity contribution in [3.05, 3.63) is 57.7 Å². The van der Waals surface area contributed by atoms with E-state index in [2.05, 4.69) is 15.1 Å². The summed E-state index contributed by atoms with van der Waals surface area (Å²) in [6.45, 7) is 3.85. The lowest BCUT2D eigenvalue weighted by molar-refractivity contribution is -0.115. The van der Waals surface area contributed by atoms with E-state index in [-0.39, 0.29) is 22.9 Å². The predicted octanol–water partition coefficient (Wildman–Crippen LogP) is 3.75. The van der Waals surface area contributed by atoms with E-state index < -0.39 is 5.63 Å². The number of carbonyl (C=O) groups is 1. The molecule has 0 radical (unpaired) electrons. The Morgan fingerprint density at radius 1 is 1.13 bits per heavy atom. The lowest BCUT2D eigenvalue weighted by Crippen LogP contribution is -2.13. The number of aliphatic imine (C=N–C) groups is 1. The van der Waals surface area contributed by atoms with Crippen LogP contribution in [0.5, 0.6) is 5.75 Å². The van der Waals surface area contributed by atoms with Gasteiger partial charge in [0.2, 0.25) is 10.8 Å². The number of hydrogen-bond donors (Lipinski definition) is 0. The largest absolute Gasteiger partial charge is 0.497 e. The van der Waals surface area contributed by atoms with Crippen LogP contribution in [0.15, 0.2) is 44.5 Å². The summed E-state index contributed by atoms with van der Waals surface area (Å²) in [6.07, 6.45) is 0. The maximum Gasteiger partial charge on any atom is 0.348 e. The molecular weight excluding hydrogens is 436 g/mol. The molecule has 0 unspecified atom stereocenters. The number of carbonyl (C=O) groups excluding carboxylic acids is 1. The second-order valence-electron chi connectivity index (χ2n) is 6.94. The molecule has 0 atom stereocenters. The molecule has 0 saturated heterocycles. The zero-order chi connectivity index (χ0) is 21.7. The first-order valence-electron chi connectivity index (χ1n) is 9.35. The van der Waals surface area contributed by atoms with Crippen LogP contribution in [0.4, 0.5) is 0 Å². The minimum absolute atomic E-state index is 0.203. The summed E-state index contributed by atoms with van der Waals surface area (Å²) >= 11 is 2.60. The van der Waals surface area contributed by atoms with Crippen LogP contribution >= 0.6 is 23.1 Å². The standard InChI is InChI=1S/C21H16N4O4S2/c1-10-8-11(2)25(24-10)21-23-18-17(31-21)15(12-4-6-13(28-3)7-5-12)16(20(27)29-18)19-22-14(26)9-30-19/h4-8H,9H2,1-3H3. The predicted molar refractivity (Wildman–Crippen MR) is 121 cm³/mol. The highest BCUT2D eigenvalue weighted by molar-refractivity contribution is 8.15. The average molecular weight is 453 g/mol. The molecule has 4 aromatic rings. The van der Waals surface area contributed by atoms with Gasteiger partial charge >= 0.3 is 5.63 Å². The van der Waals surface area contributed by atoms with E-state index in [0.29, 0.717) is 26.2 Å². The number of nitrogens with zero attached hydrogens (tertiary/aromatic N) is 4. The fraction of sp³-hybridized carbons (Fsp3) is 0.190. The van der Waals surface area contributed by atoms with E-state index >= 15 is 0 Å². The zero-order valence-electron chi connectivity index (χ0n) is 16.8. The van der Waals surface area contributed by atoms with Crippen molar-refractivity contribution in [1.29, 1.82) is 0 Å². The van der Waals surface area contributed by atoms with Gasteiger partial charge in [0, 0.05) is 11.3 Å². The van der Waals surface area contributed by atoms with Gasteiger partial charge in [0.15, 0.2) is 0 Å². The van der Waals surface area contributed by atoms with Crippen molar-refractivity contribution in [3.63, 3.8) is 0 Å². The molecule has 0 N–H and O–H groups in total. The molecule has 1 aromatic carbocycles. The van der Waals surface area contributed by atoms with E-state index in [0.717, 1.165) is 17.0 Å². The normalized spacial score (nSPS) is 13.8. The highest BCUT2D eigenvalue weighted by Gasteiger charge is 2.28. The number of aryl methyl sites for hydroxylation is 2. The number of thiazole rings is 1. The lowest BCUT2D eigenvalue weighted by Gasteiger charge is -2.09. The van der Waals surface area contributed by atoms with Crippen LogP contribution in [0.3, 0.4) is 0 Å². The minimum atomic E-state index is -0.579. The number of amides is 1. The van der Waals surface area contributed by atoms with Crippen molar-refractivity contribution in [1.82, 2.24) is 14.8 Å². The van der Waals surface area contributed by atoms with Crippen LogP contribution in [-0.2, 0) is 4.79 Å². The van der Waals surface area contributed by atoms with Crippen molar-refractivity contribution >= 4 is 44.5 Å². The number of rotatable bonds is 4. The highest BCUT2D eigenvalue weighted by Crippen LogP contribution is 2.38. The Balaban J connectivity index is 1.82. The number of benzene rings is 1. The van der Waals surface area contributed by atoms with Crippen LogP contribution in [0.2, 0.25) is 0 Å². The number of ether oxygens (including phenoxy) is 1. The quantitative estimate of drug-likeness (QED) is 0.465. The van der Waals surface area contributed by atoms with Gasteiger partial charge in [-0.3, -0.25) is 4.79 Å². The molecule has 0 fully saturated rings. The Bertz CT molecular complexity index is 1430. The molecule has 4 heterocycles. The first-order valence-corrected chi connectivity index (χ1v) is 11.1. The third kappa shape index (κ3) is 3.37. The number of hydrogen-bond acceptors (Lipinski definition) is 8. The van der Waals surface area contributed by atoms with Crippen molar-refractivity contribution in [2.75, 3.05) is 12.9 Å². The molecule has 0 aliphatic carbocycles. The van der Waals surface area contributed by atoms with Crippen molar-refractivity contribution < 1.29 is 13.9 Å². The maximum atomic E-state index is 13.0. The fourth-order valence-corrected chi connectivity index (χ4v) is 5.35. The van der Waals surface area contributed by atoms with Crippen molar-refractivity contribution in [2.45, 2.75) is 13.8 Å². The molecule has 156 valence electrons. The number of fused-ring (bicyclic) bond motifs is 1.